The Morgan fingerprint density at radius 1 is 1.40 bits per heavy atom. The average molecular weight is 368 g/mol. The first-order valence-electron chi connectivity index (χ1n) is 8.30. The maximum Gasteiger partial charge on any atom is 0.273 e. The SMILES string of the molecule is CC(Cc1ccccc1F)NC(=O)c1cn(C2CCNCC2)nn1.Cl. The summed E-state index contributed by atoms with van der Waals surface area (Å²) in [4.78, 5) is 12.3. The normalized spacial score (nSPS) is 16.1. The highest BCUT2D eigenvalue weighted by Gasteiger charge is 2.19. The Hall–Kier alpha value is -1.99. The summed E-state index contributed by atoms with van der Waals surface area (Å²) in [6.45, 7) is 3.75. The second kappa shape index (κ2) is 8.92. The predicted octanol–water partition coefficient (Wildman–Crippen LogP) is 2.12. The molecule has 1 fully saturated rings. The fourth-order valence-electron chi connectivity index (χ4n) is 2.97. The number of carbonyl (C=O) groups excluding carboxylic acids is 1. The highest BCUT2D eigenvalue weighted by atomic mass is 35.5. The van der Waals surface area contributed by atoms with Crippen LogP contribution in [0.2, 0.25) is 0 Å². The molecule has 0 radical (unpaired) electrons. The first kappa shape index (κ1) is 19.3. The quantitative estimate of drug-likeness (QED) is 0.849. The minimum Gasteiger partial charge on any atom is -0.348 e. The van der Waals surface area contributed by atoms with Crippen LogP contribution in [0.3, 0.4) is 0 Å². The first-order valence-corrected chi connectivity index (χ1v) is 8.30. The number of halogens is 2. The lowest BCUT2D eigenvalue weighted by Gasteiger charge is -2.22. The van der Waals surface area contributed by atoms with Crippen molar-refractivity contribution in [2.24, 2.45) is 0 Å². The number of hydrogen-bond acceptors (Lipinski definition) is 4. The molecule has 1 saturated heterocycles. The minimum absolute atomic E-state index is 0. The molecule has 2 N–H and O–H groups in total. The van der Waals surface area contributed by atoms with Gasteiger partial charge in [0.05, 0.1) is 12.2 Å². The number of benzene rings is 1. The summed E-state index contributed by atoms with van der Waals surface area (Å²) in [6, 6.07) is 6.69. The van der Waals surface area contributed by atoms with Gasteiger partial charge >= 0.3 is 0 Å². The van der Waals surface area contributed by atoms with Crippen molar-refractivity contribution in [2.75, 3.05) is 13.1 Å². The highest BCUT2D eigenvalue weighted by Crippen LogP contribution is 2.17. The Morgan fingerprint density at radius 2 is 2.12 bits per heavy atom. The van der Waals surface area contributed by atoms with E-state index in [-0.39, 0.29) is 36.2 Å². The van der Waals surface area contributed by atoms with Crippen molar-refractivity contribution in [3.05, 3.63) is 47.5 Å². The van der Waals surface area contributed by atoms with E-state index in [0.29, 0.717) is 17.7 Å². The molecule has 25 heavy (non-hydrogen) atoms. The molecule has 2 heterocycles. The van der Waals surface area contributed by atoms with Crippen LogP contribution in [0.4, 0.5) is 4.39 Å². The Bertz CT molecular complexity index is 702. The predicted molar refractivity (Wildman–Crippen MR) is 95.4 cm³/mol. The number of hydrogen-bond donors (Lipinski definition) is 2. The van der Waals surface area contributed by atoms with Crippen molar-refractivity contribution in [3.63, 3.8) is 0 Å². The molecule has 136 valence electrons. The number of nitrogens with one attached hydrogen (secondary N) is 2. The van der Waals surface area contributed by atoms with E-state index in [0.717, 1.165) is 25.9 Å². The van der Waals surface area contributed by atoms with Gasteiger partial charge in [0, 0.05) is 6.04 Å². The third kappa shape index (κ3) is 4.99. The van der Waals surface area contributed by atoms with Crippen LogP contribution in [0, 0.1) is 5.82 Å². The van der Waals surface area contributed by atoms with Crippen molar-refractivity contribution in [1.82, 2.24) is 25.6 Å². The number of nitrogens with zero attached hydrogens (tertiary/aromatic N) is 3. The molecule has 1 aliphatic heterocycles. The Balaban J connectivity index is 0.00000225. The zero-order chi connectivity index (χ0) is 16.9. The molecule has 0 aliphatic carbocycles. The standard InChI is InChI=1S/C17H22FN5O.ClH/c1-12(10-13-4-2-3-5-15(13)18)20-17(24)16-11-23(22-21-16)14-6-8-19-9-7-14;/h2-5,11-12,14,19H,6-10H2,1H3,(H,20,24);1H. The molecule has 8 heteroatoms. The van der Waals surface area contributed by atoms with Gasteiger partial charge < -0.3 is 10.6 Å². The maximum atomic E-state index is 13.7. The molecule has 0 saturated carbocycles. The molecule has 0 bridgehead atoms. The monoisotopic (exact) mass is 367 g/mol. The van der Waals surface area contributed by atoms with Crippen LogP contribution in [-0.4, -0.2) is 40.0 Å². The van der Waals surface area contributed by atoms with Gasteiger partial charge in [-0.1, -0.05) is 23.4 Å². The summed E-state index contributed by atoms with van der Waals surface area (Å²) in [5, 5.41) is 14.2. The molecule has 1 amide bonds. The van der Waals surface area contributed by atoms with Gasteiger partial charge in [-0.25, -0.2) is 9.07 Å². The summed E-state index contributed by atoms with van der Waals surface area (Å²) >= 11 is 0. The van der Waals surface area contributed by atoms with Crippen LogP contribution in [0.25, 0.3) is 0 Å². The molecule has 1 atom stereocenters. The first-order chi connectivity index (χ1) is 11.6. The van der Waals surface area contributed by atoms with Gasteiger partial charge in [0.15, 0.2) is 5.69 Å². The van der Waals surface area contributed by atoms with Gasteiger partial charge in [-0.2, -0.15) is 0 Å². The topological polar surface area (TPSA) is 71.8 Å². The van der Waals surface area contributed by atoms with E-state index in [1.165, 1.54) is 6.07 Å². The summed E-state index contributed by atoms with van der Waals surface area (Å²) in [5.41, 5.74) is 0.887. The van der Waals surface area contributed by atoms with Gasteiger partial charge in [-0.15, -0.1) is 17.5 Å². The molecule has 1 aromatic carbocycles. The lowest BCUT2D eigenvalue weighted by Crippen LogP contribution is -2.34. The van der Waals surface area contributed by atoms with Crippen LogP contribution in [0.15, 0.2) is 30.5 Å². The second-order valence-electron chi connectivity index (χ2n) is 6.24. The van der Waals surface area contributed by atoms with Gasteiger partial charge in [-0.3, -0.25) is 4.79 Å². The molecule has 1 aromatic heterocycles. The average Bonchev–Trinajstić information content (AvgIpc) is 3.08. The maximum absolute atomic E-state index is 13.7. The van der Waals surface area contributed by atoms with E-state index >= 15 is 0 Å². The fourth-order valence-corrected chi connectivity index (χ4v) is 2.97. The smallest absolute Gasteiger partial charge is 0.273 e. The Labute approximate surface area is 152 Å². The lowest BCUT2D eigenvalue weighted by atomic mass is 10.1. The third-order valence-electron chi connectivity index (χ3n) is 4.29. The van der Waals surface area contributed by atoms with Crippen LogP contribution >= 0.6 is 12.4 Å². The summed E-state index contributed by atoms with van der Waals surface area (Å²) < 4.78 is 15.5. The number of amides is 1. The van der Waals surface area contributed by atoms with Gasteiger partial charge in [-0.05, 0) is 50.9 Å². The second-order valence-corrected chi connectivity index (χ2v) is 6.24. The van der Waals surface area contributed by atoms with E-state index in [2.05, 4.69) is 20.9 Å². The fraction of sp³-hybridized carbons (Fsp3) is 0.471. The largest absolute Gasteiger partial charge is 0.348 e. The molecule has 1 aliphatic rings. The van der Waals surface area contributed by atoms with Crippen LogP contribution in [0.5, 0.6) is 0 Å². The zero-order valence-electron chi connectivity index (χ0n) is 14.1. The van der Waals surface area contributed by atoms with Gasteiger partial charge in [0.2, 0.25) is 0 Å². The zero-order valence-corrected chi connectivity index (χ0v) is 14.9. The number of piperidine rings is 1. The minimum atomic E-state index is -0.279. The van der Waals surface area contributed by atoms with E-state index < -0.39 is 0 Å². The van der Waals surface area contributed by atoms with Gasteiger partial charge in [0.1, 0.15) is 5.82 Å². The highest BCUT2D eigenvalue weighted by molar-refractivity contribution is 5.92. The Kier molecular flexibility index (Phi) is 6.90. The molecule has 2 aromatic rings. The van der Waals surface area contributed by atoms with E-state index in [4.69, 9.17) is 0 Å². The van der Waals surface area contributed by atoms with E-state index in [9.17, 15) is 9.18 Å². The summed E-state index contributed by atoms with van der Waals surface area (Å²) in [7, 11) is 0. The summed E-state index contributed by atoms with van der Waals surface area (Å²) in [6.07, 6.45) is 4.09. The van der Waals surface area contributed by atoms with Crippen molar-refractivity contribution in [3.8, 4) is 0 Å². The molecular weight excluding hydrogens is 345 g/mol. The Morgan fingerprint density at radius 3 is 2.84 bits per heavy atom. The van der Waals surface area contributed by atoms with Crippen LogP contribution in [0.1, 0.15) is 41.9 Å². The van der Waals surface area contributed by atoms with Gasteiger partial charge in [0.25, 0.3) is 5.91 Å². The lowest BCUT2D eigenvalue weighted by molar-refractivity contribution is 0.0934. The summed E-state index contributed by atoms with van der Waals surface area (Å²) in [5.74, 6) is -0.533. The molecule has 0 spiro atoms. The van der Waals surface area contributed by atoms with Crippen molar-refractivity contribution in [1.29, 1.82) is 0 Å². The van der Waals surface area contributed by atoms with Crippen molar-refractivity contribution >= 4 is 18.3 Å². The molecular formula is C17H23ClFN5O. The van der Waals surface area contributed by atoms with E-state index in [1.807, 2.05) is 6.92 Å². The number of aromatic nitrogens is 3. The van der Waals surface area contributed by atoms with E-state index in [1.54, 1.807) is 29.1 Å². The van der Waals surface area contributed by atoms with Crippen molar-refractivity contribution < 1.29 is 9.18 Å². The number of rotatable bonds is 5. The van der Waals surface area contributed by atoms with Crippen molar-refractivity contribution in [2.45, 2.75) is 38.3 Å². The van der Waals surface area contributed by atoms with Crippen LogP contribution < -0.4 is 10.6 Å². The molecule has 3 rings (SSSR count). The molecule has 6 nitrogen and oxygen atoms in total. The third-order valence-corrected chi connectivity index (χ3v) is 4.29. The van der Waals surface area contributed by atoms with Crippen LogP contribution in [-0.2, 0) is 6.42 Å². The molecule has 1 unspecified atom stereocenters. The number of carbonyl (C=O) groups is 1.